The fraction of sp³-hybridized carbons (Fsp3) is 0.538. The van der Waals surface area contributed by atoms with E-state index >= 15 is 0 Å². The molecule has 0 aromatic heterocycles. The number of hydrogen-bond donors (Lipinski definition) is 3. The highest BCUT2D eigenvalue weighted by Gasteiger charge is 2.06. The second-order valence-corrected chi connectivity index (χ2v) is 4.33. The maximum atomic E-state index is 9.85. The van der Waals surface area contributed by atoms with E-state index in [4.69, 9.17) is 5.73 Å². The summed E-state index contributed by atoms with van der Waals surface area (Å²) in [6.07, 6.45) is 1.67. The molecule has 3 nitrogen and oxygen atoms in total. The van der Waals surface area contributed by atoms with Gasteiger partial charge in [0, 0.05) is 5.69 Å². The van der Waals surface area contributed by atoms with Gasteiger partial charge in [0.15, 0.2) is 0 Å². The van der Waals surface area contributed by atoms with Crippen LogP contribution in [0.2, 0.25) is 0 Å². The van der Waals surface area contributed by atoms with Crippen LogP contribution in [0.25, 0.3) is 0 Å². The van der Waals surface area contributed by atoms with Crippen LogP contribution in [0.15, 0.2) is 24.3 Å². The molecule has 0 aliphatic heterocycles. The van der Waals surface area contributed by atoms with E-state index in [1.165, 1.54) is 6.42 Å². The van der Waals surface area contributed by atoms with E-state index in [-0.39, 0.29) is 0 Å². The van der Waals surface area contributed by atoms with Crippen LogP contribution < -0.4 is 11.1 Å². The summed E-state index contributed by atoms with van der Waals surface area (Å²) >= 11 is 0. The van der Waals surface area contributed by atoms with Crippen molar-refractivity contribution in [1.82, 2.24) is 5.32 Å². The molecule has 0 radical (unpaired) electrons. The lowest BCUT2D eigenvalue weighted by Crippen LogP contribution is -2.23. The molecule has 0 aliphatic carbocycles. The van der Waals surface area contributed by atoms with Gasteiger partial charge in [-0.05, 0) is 36.6 Å². The SMILES string of the molecule is CCC(C)CCN[C@@H](O)c1ccc(N)cc1. The lowest BCUT2D eigenvalue weighted by Gasteiger charge is -2.15. The molecular weight excluding hydrogens is 200 g/mol. The van der Waals surface area contributed by atoms with Gasteiger partial charge in [-0.25, -0.2) is 0 Å². The van der Waals surface area contributed by atoms with Crippen molar-refractivity contribution in [3.63, 3.8) is 0 Å². The second-order valence-electron chi connectivity index (χ2n) is 4.33. The van der Waals surface area contributed by atoms with Crippen LogP contribution in [0.5, 0.6) is 0 Å². The molecule has 90 valence electrons. The summed E-state index contributed by atoms with van der Waals surface area (Å²) in [4.78, 5) is 0. The van der Waals surface area contributed by atoms with Crippen LogP contribution in [-0.2, 0) is 0 Å². The Kier molecular flexibility index (Phi) is 5.29. The van der Waals surface area contributed by atoms with Crippen LogP contribution in [0.4, 0.5) is 5.69 Å². The van der Waals surface area contributed by atoms with E-state index in [0.29, 0.717) is 5.92 Å². The zero-order valence-corrected chi connectivity index (χ0v) is 10.1. The lowest BCUT2D eigenvalue weighted by atomic mass is 10.1. The largest absolute Gasteiger partial charge is 0.399 e. The van der Waals surface area contributed by atoms with Gasteiger partial charge in [0.2, 0.25) is 0 Å². The number of aliphatic hydroxyl groups excluding tert-OH is 1. The van der Waals surface area contributed by atoms with Crippen molar-refractivity contribution in [1.29, 1.82) is 0 Å². The minimum Gasteiger partial charge on any atom is -0.399 e. The van der Waals surface area contributed by atoms with Crippen molar-refractivity contribution in [2.75, 3.05) is 12.3 Å². The maximum Gasteiger partial charge on any atom is 0.131 e. The number of benzene rings is 1. The molecule has 0 fully saturated rings. The van der Waals surface area contributed by atoms with E-state index in [1.54, 1.807) is 12.1 Å². The Morgan fingerprint density at radius 2 is 1.94 bits per heavy atom. The summed E-state index contributed by atoms with van der Waals surface area (Å²) in [6.45, 7) is 5.24. The third-order valence-electron chi connectivity index (χ3n) is 2.92. The Morgan fingerprint density at radius 3 is 2.50 bits per heavy atom. The number of nitrogens with one attached hydrogen (secondary N) is 1. The Labute approximate surface area is 97.7 Å². The smallest absolute Gasteiger partial charge is 0.131 e. The van der Waals surface area contributed by atoms with Gasteiger partial charge >= 0.3 is 0 Å². The minimum absolute atomic E-state index is 0.593. The van der Waals surface area contributed by atoms with Crippen molar-refractivity contribution >= 4 is 5.69 Å². The predicted octanol–water partition coefficient (Wildman–Crippen LogP) is 2.29. The molecule has 0 amide bonds. The summed E-state index contributed by atoms with van der Waals surface area (Å²) in [5.74, 6) is 0.700. The van der Waals surface area contributed by atoms with E-state index in [0.717, 1.165) is 24.2 Å². The van der Waals surface area contributed by atoms with Crippen molar-refractivity contribution < 1.29 is 5.11 Å². The Morgan fingerprint density at radius 1 is 1.31 bits per heavy atom. The minimum atomic E-state index is -0.593. The zero-order valence-electron chi connectivity index (χ0n) is 10.1. The molecule has 0 bridgehead atoms. The number of hydrogen-bond acceptors (Lipinski definition) is 3. The first-order valence-electron chi connectivity index (χ1n) is 5.90. The number of anilines is 1. The summed E-state index contributed by atoms with van der Waals surface area (Å²) in [6, 6.07) is 7.29. The van der Waals surface area contributed by atoms with Gasteiger partial charge in [0.05, 0.1) is 0 Å². The molecule has 1 unspecified atom stereocenters. The number of nitrogens with two attached hydrogens (primary N) is 1. The van der Waals surface area contributed by atoms with Crippen molar-refractivity contribution in [2.45, 2.75) is 32.9 Å². The van der Waals surface area contributed by atoms with E-state index in [9.17, 15) is 5.11 Å². The number of aliphatic hydroxyl groups is 1. The molecule has 16 heavy (non-hydrogen) atoms. The molecule has 1 aromatic carbocycles. The summed E-state index contributed by atoms with van der Waals surface area (Å²) in [7, 11) is 0. The quantitative estimate of drug-likeness (QED) is 0.511. The van der Waals surface area contributed by atoms with Crippen LogP contribution >= 0.6 is 0 Å². The maximum absolute atomic E-state index is 9.85. The van der Waals surface area contributed by atoms with E-state index < -0.39 is 6.23 Å². The van der Waals surface area contributed by atoms with Crippen molar-refractivity contribution in [3.05, 3.63) is 29.8 Å². The highest BCUT2D eigenvalue weighted by molar-refractivity contribution is 5.39. The topological polar surface area (TPSA) is 58.3 Å². The molecule has 1 rings (SSSR count). The molecule has 1 aromatic rings. The Balaban J connectivity index is 2.35. The van der Waals surface area contributed by atoms with Gasteiger partial charge in [-0.1, -0.05) is 32.4 Å². The summed E-state index contributed by atoms with van der Waals surface area (Å²) in [5, 5.41) is 12.9. The highest BCUT2D eigenvalue weighted by atomic mass is 16.3. The summed E-state index contributed by atoms with van der Waals surface area (Å²) in [5.41, 5.74) is 7.16. The Hall–Kier alpha value is -1.06. The van der Waals surface area contributed by atoms with Gasteiger partial charge < -0.3 is 10.8 Å². The standard InChI is InChI=1S/C13H22N2O/c1-3-10(2)8-9-15-13(16)11-4-6-12(14)7-5-11/h4-7,10,13,15-16H,3,8-9,14H2,1-2H3/t10?,13-/m0/s1. The lowest BCUT2D eigenvalue weighted by molar-refractivity contribution is 0.137. The zero-order chi connectivity index (χ0) is 12.0. The molecule has 0 aliphatic rings. The van der Waals surface area contributed by atoms with Crippen LogP contribution in [0.3, 0.4) is 0 Å². The third kappa shape index (κ3) is 4.21. The Bertz CT molecular complexity index is 297. The van der Waals surface area contributed by atoms with Gasteiger partial charge in [-0.2, -0.15) is 0 Å². The average Bonchev–Trinajstić information content (AvgIpc) is 2.29. The van der Waals surface area contributed by atoms with Gasteiger partial charge in [0.25, 0.3) is 0 Å². The second kappa shape index (κ2) is 6.51. The normalized spacial score (nSPS) is 14.7. The molecule has 0 saturated heterocycles. The fourth-order valence-electron chi connectivity index (χ4n) is 1.47. The van der Waals surface area contributed by atoms with Crippen LogP contribution in [-0.4, -0.2) is 11.7 Å². The molecule has 0 heterocycles. The number of nitrogen functional groups attached to an aromatic ring is 1. The fourth-order valence-corrected chi connectivity index (χ4v) is 1.47. The van der Waals surface area contributed by atoms with E-state index in [2.05, 4.69) is 19.2 Å². The summed E-state index contributed by atoms with van der Waals surface area (Å²) < 4.78 is 0. The first-order valence-corrected chi connectivity index (χ1v) is 5.90. The molecular formula is C13H22N2O. The van der Waals surface area contributed by atoms with Crippen LogP contribution in [0, 0.1) is 5.92 Å². The first-order chi connectivity index (χ1) is 7.63. The first kappa shape index (κ1) is 13.0. The van der Waals surface area contributed by atoms with Crippen LogP contribution in [0.1, 0.15) is 38.5 Å². The average molecular weight is 222 g/mol. The van der Waals surface area contributed by atoms with E-state index in [1.807, 2.05) is 12.1 Å². The van der Waals surface area contributed by atoms with Gasteiger partial charge in [-0.3, -0.25) is 5.32 Å². The third-order valence-corrected chi connectivity index (χ3v) is 2.92. The monoisotopic (exact) mass is 222 g/mol. The molecule has 2 atom stereocenters. The van der Waals surface area contributed by atoms with Crippen molar-refractivity contribution in [2.24, 2.45) is 5.92 Å². The predicted molar refractivity (Wildman–Crippen MR) is 67.9 cm³/mol. The molecule has 3 heteroatoms. The molecule has 0 saturated carbocycles. The molecule has 4 N–H and O–H groups in total. The molecule has 0 spiro atoms. The van der Waals surface area contributed by atoms with Gasteiger partial charge in [0.1, 0.15) is 6.23 Å². The number of rotatable bonds is 6. The van der Waals surface area contributed by atoms with Crippen molar-refractivity contribution in [3.8, 4) is 0 Å². The van der Waals surface area contributed by atoms with Gasteiger partial charge in [-0.15, -0.1) is 0 Å². The highest BCUT2D eigenvalue weighted by Crippen LogP contribution is 2.13.